The zero-order valence-electron chi connectivity index (χ0n) is 21.7. The first-order valence-corrected chi connectivity index (χ1v) is 12.6. The van der Waals surface area contributed by atoms with E-state index in [0.29, 0.717) is 39.8 Å². The molecule has 10 N–H and O–H groups in total. The average molecular weight is 584 g/mol. The largest absolute Gasteiger partial charge is 0.506 e. The lowest BCUT2D eigenvalue weighted by atomic mass is 10.1. The molecule has 3 heterocycles. The van der Waals surface area contributed by atoms with Crippen molar-refractivity contribution < 1.29 is 12.8 Å². The minimum absolute atomic E-state index is 0. The number of aromatic hydroxyl groups is 1. The third-order valence-corrected chi connectivity index (χ3v) is 6.51. The summed E-state index contributed by atoms with van der Waals surface area (Å²) in [5, 5.41) is 20.4. The highest BCUT2D eigenvalue weighted by Crippen LogP contribution is 2.29. The predicted octanol–water partition coefficient (Wildman–Crippen LogP) is 4.86. The Morgan fingerprint density at radius 3 is 2.13 bits per heavy atom. The summed E-state index contributed by atoms with van der Waals surface area (Å²) in [5.74, 6) is 1.31. The second-order valence-corrected chi connectivity index (χ2v) is 9.30. The number of rotatable bonds is 6. The average Bonchev–Trinajstić information content (AvgIpc) is 2.91. The monoisotopic (exact) mass is 582 g/mol. The summed E-state index contributed by atoms with van der Waals surface area (Å²) in [5.41, 5.74) is 1.34. The molecule has 216 valence electrons. The lowest BCUT2D eigenvalue weighted by Crippen LogP contribution is -2.44. The summed E-state index contributed by atoms with van der Waals surface area (Å²) in [6.07, 6.45) is 3.46. The number of piperidine rings is 1. The summed E-state index contributed by atoms with van der Waals surface area (Å²) >= 11 is 5.89. The first-order valence-electron chi connectivity index (χ1n) is 12.2. The van der Waals surface area contributed by atoms with Gasteiger partial charge in [0.15, 0.2) is 0 Å². The van der Waals surface area contributed by atoms with Crippen LogP contribution in [0.3, 0.4) is 0 Å². The number of anilines is 5. The highest BCUT2D eigenvalue weighted by molar-refractivity contribution is 6.30. The normalized spacial score (nSPS) is 14.8. The SMILES string of the molecule is Cl.N.N.O=C(Nc1ccc(Nc2nc(N3CCCCC3)nc(N3CCNCC3)n2)cc1O)c1ccc(Cl)cc1.[HH].[HH]. The van der Waals surface area contributed by atoms with Gasteiger partial charge in [-0.2, -0.15) is 15.0 Å². The molecule has 2 saturated heterocycles. The molecule has 1 aromatic heterocycles. The van der Waals surface area contributed by atoms with Crippen molar-refractivity contribution >= 4 is 59.1 Å². The van der Waals surface area contributed by atoms with Crippen LogP contribution in [0.2, 0.25) is 5.02 Å². The van der Waals surface area contributed by atoms with Crippen molar-refractivity contribution in [3.05, 3.63) is 53.1 Å². The van der Waals surface area contributed by atoms with Crippen molar-refractivity contribution in [3.63, 3.8) is 0 Å². The van der Waals surface area contributed by atoms with Crippen molar-refractivity contribution in [3.8, 4) is 5.75 Å². The van der Waals surface area contributed by atoms with Crippen molar-refractivity contribution in [2.24, 2.45) is 0 Å². The molecule has 0 radical (unpaired) electrons. The van der Waals surface area contributed by atoms with E-state index in [1.165, 1.54) is 12.5 Å². The van der Waals surface area contributed by atoms with Gasteiger partial charge < -0.3 is 43.2 Å². The van der Waals surface area contributed by atoms with Crippen LogP contribution >= 0.6 is 24.0 Å². The van der Waals surface area contributed by atoms with Crippen molar-refractivity contribution in [1.82, 2.24) is 32.6 Å². The molecule has 1 amide bonds. The van der Waals surface area contributed by atoms with E-state index in [9.17, 15) is 9.90 Å². The molecule has 3 aromatic rings. The molecular weight excluding hydrogens is 543 g/mol. The van der Waals surface area contributed by atoms with Gasteiger partial charge in [-0.1, -0.05) is 11.6 Å². The van der Waals surface area contributed by atoms with Crippen LogP contribution in [0, 0.1) is 0 Å². The molecule has 2 aromatic carbocycles. The number of piperazine rings is 1. The van der Waals surface area contributed by atoms with E-state index < -0.39 is 0 Å². The third kappa shape index (κ3) is 8.04. The molecule has 0 atom stereocenters. The highest BCUT2D eigenvalue weighted by Gasteiger charge is 2.20. The maximum Gasteiger partial charge on any atom is 0.255 e. The fourth-order valence-electron chi connectivity index (χ4n) is 4.29. The Morgan fingerprint density at radius 2 is 1.51 bits per heavy atom. The Morgan fingerprint density at radius 1 is 0.897 bits per heavy atom. The zero-order chi connectivity index (χ0) is 24.9. The lowest BCUT2D eigenvalue weighted by Gasteiger charge is -2.30. The third-order valence-electron chi connectivity index (χ3n) is 6.26. The first kappa shape index (κ1) is 31.8. The molecule has 5 rings (SSSR count). The number of halogens is 2. The topological polar surface area (TPSA) is 189 Å². The number of carbonyl (C=O) groups is 1. The number of hydrogen-bond acceptors (Lipinski definition) is 11. The molecule has 0 bridgehead atoms. The summed E-state index contributed by atoms with van der Waals surface area (Å²) in [6.45, 7) is 5.26. The Kier molecular flexibility index (Phi) is 11.9. The van der Waals surface area contributed by atoms with E-state index in [-0.39, 0.29) is 39.2 Å². The van der Waals surface area contributed by atoms with Gasteiger partial charge in [-0.3, -0.25) is 4.79 Å². The van der Waals surface area contributed by atoms with E-state index in [1.807, 2.05) is 0 Å². The molecule has 2 aliphatic heterocycles. The predicted molar refractivity (Wildman–Crippen MR) is 163 cm³/mol. The molecule has 0 saturated carbocycles. The minimum Gasteiger partial charge on any atom is -0.506 e. The summed E-state index contributed by atoms with van der Waals surface area (Å²) < 4.78 is 0. The van der Waals surface area contributed by atoms with Crippen LogP contribution in [0.25, 0.3) is 0 Å². The lowest BCUT2D eigenvalue weighted by molar-refractivity contribution is 0.102. The number of benzene rings is 2. The maximum atomic E-state index is 12.5. The number of aromatic nitrogens is 3. The Balaban J connectivity index is 0.00000320. The van der Waals surface area contributed by atoms with Gasteiger partial charge in [-0.05, 0) is 55.7 Å². The van der Waals surface area contributed by atoms with E-state index >= 15 is 0 Å². The van der Waals surface area contributed by atoms with Crippen LogP contribution in [-0.2, 0) is 0 Å². The minimum atomic E-state index is -0.341. The second-order valence-electron chi connectivity index (χ2n) is 8.86. The van der Waals surface area contributed by atoms with Gasteiger partial charge in [0.2, 0.25) is 17.8 Å². The molecule has 12 nitrogen and oxygen atoms in total. The Hall–Kier alpha value is -3.42. The molecule has 0 unspecified atom stereocenters. The van der Waals surface area contributed by atoms with Crippen molar-refractivity contribution in [2.75, 3.05) is 59.7 Å². The number of phenolic OH excluding ortho intramolecular Hbond substituents is 1. The van der Waals surface area contributed by atoms with Gasteiger partial charge in [0.25, 0.3) is 5.91 Å². The molecule has 2 fully saturated rings. The van der Waals surface area contributed by atoms with Gasteiger partial charge >= 0.3 is 0 Å². The van der Waals surface area contributed by atoms with Gasteiger partial charge in [-0.15, -0.1) is 12.4 Å². The van der Waals surface area contributed by atoms with E-state index in [4.69, 9.17) is 16.6 Å². The number of amides is 1. The van der Waals surface area contributed by atoms with Gasteiger partial charge in [0.05, 0.1) is 5.69 Å². The molecule has 2 aliphatic rings. The van der Waals surface area contributed by atoms with Gasteiger partial charge in [0, 0.05) is 64.5 Å². The quantitative estimate of drug-likeness (QED) is 0.217. The van der Waals surface area contributed by atoms with Crippen molar-refractivity contribution in [2.45, 2.75) is 19.3 Å². The fraction of sp³-hybridized carbons (Fsp3) is 0.360. The zero-order valence-corrected chi connectivity index (χ0v) is 23.3. The number of carbonyl (C=O) groups excluding carboxylic acids is 1. The standard InChI is InChI=1S/C25H29ClN8O2.ClH.2H3N.2H2/c26-18-6-4-17(5-7-18)22(36)29-20-9-8-19(16-21(20)35)28-23-30-24(33-12-2-1-3-13-33)32-25(31-23)34-14-10-27-11-15-34;;;;;/h4-9,16,27,35H,1-3,10-15H2,(H,29,36)(H,28,30,31,32);1H;2*1H3;2*1H. The van der Waals surface area contributed by atoms with E-state index in [1.54, 1.807) is 36.4 Å². The van der Waals surface area contributed by atoms with E-state index in [0.717, 1.165) is 52.1 Å². The number of phenols is 1. The molecule has 0 spiro atoms. The van der Waals surface area contributed by atoms with Crippen molar-refractivity contribution in [1.29, 1.82) is 0 Å². The molecule has 0 aliphatic carbocycles. The molecular formula is C25H40Cl2N10O2. The molecule has 14 heteroatoms. The smallest absolute Gasteiger partial charge is 0.255 e. The molecule has 39 heavy (non-hydrogen) atoms. The fourth-order valence-corrected chi connectivity index (χ4v) is 4.42. The Labute approximate surface area is 242 Å². The van der Waals surface area contributed by atoms with Crippen LogP contribution in [-0.4, -0.2) is 65.2 Å². The number of nitrogens with zero attached hydrogens (tertiary/aromatic N) is 5. The summed E-state index contributed by atoms with van der Waals surface area (Å²) in [6, 6.07) is 11.5. The van der Waals surface area contributed by atoms with Crippen LogP contribution in [0.5, 0.6) is 5.75 Å². The maximum absolute atomic E-state index is 12.5. The van der Waals surface area contributed by atoms with Crippen LogP contribution in [0.15, 0.2) is 42.5 Å². The van der Waals surface area contributed by atoms with Crippen LogP contribution < -0.4 is 38.1 Å². The number of nitrogens with one attached hydrogen (secondary N) is 3. The van der Waals surface area contributed by atoms with Crippen LogP contribution in [0.1, 0.15) is 32.5 Å². The highest BCUT2D eigenvalue weighted by atomic mass is 35.5. The first-order chi connectivity index (χ1) is 17.5. The van der Waals surface area contributed by atoms with E-state index in [2.05, 4.69) is 35.7 Å². The Bertz CT molecular complexity index is 1200. The summed E-state index contributed by atoms with van der Waals surface area (Å²) in [4.78, 5) is 31.0. The summed E-state index contributed by atoms with van der Waals surface area (Å²) in [7, 11) is 0. The van der Waals surface area contributed by atoms with Gasteiger partial charge in [-0.25, -0.2) is 0 Å². The van der Waals surface area contributed by atoms with Gasteiger partial charge in [0.1, 0.15) is 5.75 Å². The number of hydrogen-bond donors (Lipinski definition) is 6. The van der Waals surface area contributed by atoms with Crippen LogP contribution in [0.4, 0.5) is 29.2 Å². The second kappa shape index (κ2) is 14.7.